The summed E-state index contributed by atoms with van der Waals surface area (Å²) in [4.78, 5) is 12.3. The van der Waals surface area contributed by atoms with E-state index in [4.69, 9.17) is 0 Å². The van der Waals surface area contributed by atoms with Crippen molar-refractivity contribution in [2.24, 2.45) is 0 Å². The molecule has 0 saturated heterocycles. The van der Waals surface area contributed by atoms with Crippen LogP contribution in [-0.4, -0.2) is 14.3 Å². The monoisotopic (exact) mass is 448 g/mol. The van der Waals surface area contributed by atoms with E-state index in [2.05, 4.69) is 26.0 Å². The summed E-state index contributed by atoms with van der Waals surface area (Å²) in [6, 6.07) is 17.6. The molecule has 0 saturated carbocycles. The summed E-state index contributed by atoms with van der Waals surface area (Å²) < 4.78 is 41.2. The maximum atomic E-state index is 13.0. The Morgan fingerprint density at radius 3 is 2.19 bits per heavy atom. The average Bonchev–Trinajstić information content (AvgIpc) is 2.65. The number of anilines is 2. The van der Waals surface area contributed by atoms with Crippen LogP contribution in [0.4, 0.5) is 15.8 Å². The van der Waals surface area contributed by atoms with Gasteiger partial charge in [-0.2, -0.15) is 0 Å². The standard InChI is InChI=1S/C19H14BrFN2O3S/c20-14-4-8-16(9-5-14)22-19(24)13-2-1-3-18(12-13)27(25,26)23-17-10-6-15(21)7-11-17/h1-12,23H,(H,22,24). The van der Waals surface area contributed by atoms with E-state index in [0.29, 0.717) is 5.69 Å². The van der Waals surface area contributed by atoms with Crippen molar-refractivity contribution in [2.75, 3.05) is 10.0 Å². The lowest BCUT2D eigenvalue weighted by Crippen LogP contribution is -2.16. The first-order valence-electron chi connectivity index (χ1n) is 7.79. The van der Waals surface area contributed by atoms with Gasteiger partial charge in [-0.3, -0.25) is 9.52 Å². The molecule has 3 aromatic carbocycles. The highest BCUT2D eigenvalue weighted by molar-refractivity contribution is 9.10. The van der Waals surface area contributed by atoms with E-state index < -0.39 is 21.7 Å². The number of hydrogen-bond acceptors (Lipinski definition) is 3. The van der Waals surface area contributed by atoms with E-state index in [1.807, 2.05) is 0 Å². The number of benzene rings is 3. The Bertz CT molecular complexity index is 1070. The van der Waals surface area contributed by atoms with Gasteiger partial charge in [-0.05, 0) is 66.7 Å². The van der Waals surface area contributed by atoms with Crippen molar-refractivity contribution in [1.29, 1.82) is 0 Å². The van der Waals surface area contributed by atoms with E-state index >= 15 is 0 Å². The van der Waals surface area contributed by atoms with Gasteiger partial charge in [0.1, 0.15) is 5.82 Å². The van der Waals surface area contributed by atoms with Crippen molar-refractivity contribution >= 4 is 43.2 Å². The molecular formula is C19H14BrFN2O3S. The first kappa shape index (κ1) is 19.1. The van der Waals surface area contributed by atoms with Crippen molar-refractivity contribution in [3.8, 4) is 0 Å². The summed E-state index contributed by atoms with van der Waals surface area (Å²) in [5.74, 6) is -0.902. The molecule has 0 spiro atoms. The number of halogens is 2. The van der Waals surface area contributed by atoms with Crippen LogP contribution in [0.2, 0.25) is 0 Å². The molecule has 0 atom stereocenters. The SMILES string of the molecule is O=C(Nc1ccc(Br)cc1)c1cccc(S(=O)(=O)Nc2ccc(F)cc2)c1. The summed E-state index contributed by atoms with van der Waals surface area (Å²) in [6.07, 6.45) is 0. The van der Waals surface area contributed by atoms with Gasteiger partial charge in [0, 0.05) is 21.4 Å². The van der Waals surface area contributed by atoms with Gasteiger partial charge in [0.25, 0.3) is 15.9 Å². The van der Waals surface area contributed by atoms with Crippen molar-refractivity contribution in [3.05, 3.63) is 88.6 Å². The lowest BCUT2D eigenvalue weighted by atomic mass is 10.2. The number of nitrogens with one attached hydrogen (secondary N) is 2. The fourth-order valence-electron chi connectivity index (χ4n) is 2.27. The van der Waals surface area contributed by atoms with E-state index in [0.717, 1.165) is 16.6 Å². The van der Waals surface area contributed by atoms with Crippen LogP contribution in [0.1, 0.15) is 10.4 Å². The van der Waals surface area contributed by atoms with Gasteiger partial charge in [-0.15, -0.1) is 0 Å². The minimum absolute atomic E-state index is 0.0738. The second-order valence-electron chi connectivity index (χ2n) is 5.60. The second-order valence-corrected chi connectivity index (χ2v) is 8.20. The molecule has 138 valence electrons. The highest BCUT2D eigenvalue weighted by Gasteiger charge is 2.17. The summed E-state index contributed by atoms with van der Waals surface area (Å²) in [5, 5.41) is 2.70. The van der Waals surface area contributed by atoms with E-state index in [-0.39, 0.29) is 16.1 Å². The number of sulfonamides is 1. The van der Waals surface area contributed by atoms with Crippen LogP contribution in [-0.2, 0) is 10.0 Å². The van der Waals surface area contributed by atoms with E-state index in [1.54, 1.807) is 24.3 Å². The number of hydrogen-bond donors (Lipinski definition) is 2. The fourth-order valence-corrected chi connectivity index (χ4v) is 3.64. The number of carbonyl (C=O) groups excluding carboxylic acids is 1. The highest BCUT2D eigenvalue weighted by Crippen LogP contribution is 2.19. The Morgan fingerprint density at radius 2 is 1.52 bits per heavy atom. The summed E-state index contributed by atoms with van der Waals surface area (Å²) in [7, 11) is -3.92. The number of rotatable bonds is 5. The molecule has 0 aliphatic carbocycles. The van der Waals surface area contributed by atoms with Crippen molar-refractivity contribution < 1.29 is 17.6 Å². The zero-order valence-electron chi connectivity index (χ0n) is 13.8. The molecule has 0 fully saturated rings. The molecule has 3 rings (SSSR count). The molecule has 2 N–H and O–H groups in total. The molecule has 1 amide bonds. The Labute approximate surface area is 164 Å². The molecule has 27 heavy (non-hydrogen) atoms. The van der Waals surface area contributed by atoms with Gasteiger partial charge in [0.15, 0.2) is 0 Å². The Kier molecular flexibility index (Phi) is 5.57. The first-order chi connectivity index (χ1) is 12.8. The molecule has 0 aliphatic rings. The molecule has 0 unspecified atom stereocenters. The van der Waals surface area contributed by atoms with Crippen LogP contribution in [0.15, 0.2) is 82.2 Å². The van der Waals surface area contributed by atoms with Crippen molar-refractivity contribution in [2.45, 2.75) is 4.90 Å². The molecule has 0 radical (unpaired) electrons. The van der Waals surface area contributed by atoms with Crippen LogP contribution in [0, 0.1) is 5.82 Å². The number of carbonyl (C=O) groups is 1. The van der Waals surface area contributed by atoms with Crippen LogP contribution < -0.4 is 10.0 Å². The zero-order chi connectivity index (χ0) is 19.4. The van der Waals surface area contributed by atoms with Crippen LogP contribution >= 0.6 is 15.9 Å². The zero-order valence-corrected chi connectivity index (χ0v) is 16.2. The minimum atomic E-state index is -3.92. The van der Waals surface area contributed by atoms with E-state index in [9.17, 15) is 17.6 Å². The van der Waals surface area contributed by atoms with Gasteiger partial charge < -0.3 is 5.32 Å². The quantitative estimate of drug-likeness (QED) is 0.596. The second kappa shape index (κ2) is 7.89. The maximum absolute atomic E-state index is 13.0. The van der Waals surface area contributed by atoms with Crippen LogP contribution in [0.3, 0.4) is 0 Å². The molecular weight excluding hydrogens is 435 g/mol. The van der Waals surface area contributed by atoms with Gasteiger partial charge in [0.2, 0.25) is 0 Å². The largest absolute Gasteiger partial charge is 0.322 e. The summed E-state index contributed by atoms with van der Waals surface area (Å²) >= 11 is 3.31. The lowest BCUT2D eigenvalue weighted by molar-refractivity contribution is 0.102. The van der Waals surface area contributed by atoms with Gasteiger partial charge in [-0.1, -0.05) is 22.0 Å². The third kappa shape index (κ3) is 4.93. The molecule has 0 heterocycles. The van der Waals surface area contributed by atoms with Gasteiger partial charge in [-0.25, -0.2) is 12.8 Å². The third-order valence-electron chi connectivity index (χ3n) is 3.61. The maximum Gasteiger partial charge on any atom is 0.261 e. The van der Waals surface area contributed by atoms with Gasteiger partial charge >= 0.3 is 0 Å². The molecule has 3 aromatic rings. The molecule has 5 nitrogen and oxygen atoms in total. The molecule has 8 heteroatoms. The van der Waals surface area contributed by atoms with Crippen molar-refractivity contribution in [1.82, 2.24) is 0 Å². The van der Waals surface area contributed by atoms with Crippen molar-refractivity contribution in [3.63, 3.8) is 0 Å². The molecule has 0 aliphatic heterocycles. The Hall–Kier alpha value is -2.71. The van der Waals surface area contributed by atoms with E-state index in [1.165, 1.54) is 36.4 Å². The smallest absolute Gasteiger partial charge is 0.261 e. The average molecular weight is 449 g/mol. The molecule has 0 bridgehead atoms. The predicted octanol–water partition coefficient (Wildman–Crippen LogP) is 4.64. The normalized spacial score (nSPS) is 11.0. The minimum Gasteiger partial charge on any atom is -0.322 e. The van der Waals surface area contributed by atoms with Gasteiger partial charge in [0.05, 0.1) is 4.90 Å². The Morgan fingerprint density at radius 1 is 0.889 bits per heavy atom. The summed E-state index contributed by atoms with van der Waals surface area (Å²) in [6.45, 7) is 0. The highest BCUT2D eigenvalue weighted by atomic mass is 79.9. The molecule has 0 aromatic heterocycles. The number of amides is 1. The van der Waals surface area contributed by atoms with Crippen LogP contribution in [0.5, 0.6) is 0 Å². The topological polar surface area (TPSA) is 75.3 Å². The summed E-state index contributed by atoms with van der Waals surface area (Å²) in [5.41, 5.74) is 1.00. The lowest BCUT2D eigenvalue weighted by Gasteiger charge is -2.10. The Balaban J connectivity index is 1.80. The third-order valence-corrected chi connectivity index (χ3v) is 5.51. The fraction of sp³-hybridized carbons (Fsp3) is 0. The first-order valence-corrected chi connectivity index (χ1v) is 10.1. The predicted molar refractivity (Wildman–Crippen MR) is 106 cm³/mol. The van der Waals surface area contributed by atoms with Crippen LogP contribution in [0.25, 0.3) is 0 Å².